The van der Waals surface area contributed by atoms with E-state index in [0.29, 0.717) is 5.56 Å². The zero-order valence-electron chi connectivity index (χ0n) is 31.1. The van der Waals surface area contributed by atoms with Crippen molar-refractivity contribution in [1.82, 2.24) is 0 Å². The van der Waals surface area contributed by atoms with E-state index in [1.165, 1.54) is 27.8 Å². The van der Waals surface area contributed by atoms with Gasteiger partial charge in [-0.15, -0.1) is 0 Å². The Morgan fingerprint density at radius 3 is 1.47 bits per heavy atom. The number of aldehydes is 1. The molecule has 8 aromatic rings. The van der Waals surface area contributed by atoms with Crippen LogP contribution in [0.15, 0.2) is 176 Å². The summed E-state index contributed by atoms with van der Waals surface area (Å²) in [6.07, 6.45) is 4.07. The molecule has 9 nitrogen and oxygen atoms in total. The van der Waals surface area contributed by atoms with Crippen LogP contribution in [0, 0.1) is 20.2 Å². The van der Waals surface area contributed by atoms with E-state index in [2.05, 4.69) is 42.5 Å². The Morgan fingerprint density at radius 1 is 0.544 bits per heavy atom. The van der Waals surface area contributed by atoms with Gasteiger partial charge in [0.2, 0.25) is 12.7 Å². The van der Waals surface area contributed by atoms with Gasteiger partial charge in [-0.3, -0.25) is 25.0 Å². The second-order valence-electron chi connectivity index (χ2n) is 13.1. The van der Waals surface area contributed by atoms with Crippen LogP contribution < -0.4 is 0 Å². The third-order valence-electron chi connectivity index (χ3n) is 8.99. The predicted molar refractivity (Wildman–Crippen MR) is 229 cm³/mol. The lowest BCUT2D eigenvalue weighted by Crippen LogP contribution is -2.11. The Hall–Kier alpha value is -7.07. The number of nitro groups is 2. The molecule has 0 bridgehead atoms. The molecule has 0 aliphatic carbocycles. The summed E-state index contributed by atoms with van der Waals surface area (Å²) in [4.78, 5) is 29.9. The van der Waals surface area contributed by atoms with Gasteiger partial charge >= 0.3 is 0 Å². The minimum atomic E-state index is -1.04. The fraction of sp³-hybridized carbons (Fsp3) is 0.104. The Bertz CT molecular complexity index is 2620. The first-order valence-corrected chi connectivity index (χ1v) is 18.3. The van der Waals surface area contributed by atoms with Gasteiger partial charge in [0, 0.05) is 23.2 Å². The molecule has 0 saturated heterocycles. The normalized spacial score (nSPS) is 11.1. The first-order chi connectivity index (χ1) is 27.7. The summed E-state index contributed by atoms with van der Waals surface area (Å²) in [5.74, 6) is 0. The van der Waals surface area contributed by atoms with Gasteiger partial charge in [0.25, 0.3) is 0 Å². The fourth-order valence-corrected chi connectivity index (χ4v) is 6.08. The number of hydrogen-bond donors (Lipinski definition) is 2. The maximum Gasteiger partial charge on any atom is 0.235 e. The lowest BCUT2D eigenvalue weighted by Gasteiger charge is -2.07. The van der Waals surface area contributed by atoms with E-state index in [9.17, 15) is 30.1 Å². The van der Waals surface area contributed by atoms with Crippen molar-refractivity contribution in [2.24, 2.45) is 0 Å². The summed E-state index contributed by atoms with van der Waals surface area (Å²) in [6.45, 7) is -0.189. The van der Waals surface area contributed by atoms with Gasteiger partial charge in [-0.1, -0.05) is 152 Å². The van der Waals surface area contributed by atoms with E-state index < -0.39 is 22.5 Å². The van der Waals surface area contributed by atoms with Crippen LogP contribution in [0.2, 0.25) is 0 Å². The van der Waals surface area contributed by atoms with E-state index >= 15 is 0 Å². The van der Waals surface area contributed by atoms with Crippen molar-refractivity contribution in [3.8, 4) is 0 Å². The average molecular weight is 759 g/mol. The van der Waals surface area contributed by atoms with Crippen molar-refractivity contribution < 1.29 is 24.9 Å². The minimum Gasteiger partial charge on any atom is -0.396 e. The van der Waals surface area contributed by atoms with E-state index in [1.807, 2.05) is 115 Å². The van der Waals surface area contributed by atoms with Gasteiger partial charge in [0.05, 0.1) is 4.92 Å². The van der Waals surface area contributed by atoms with Crippen LogP contribution >= 0.6 is 0 Å². The van der Waals surface area contributed by atoms with Gasteiger partial charge < -0.3 is 10.2 Å². The summed E-state index contributed by atoms with van der Waals surface area (Å²) >= 11 is 0. The molecule has 1 unspecified atom stereocenters. The number of hydrogen-bond acceptors (Lipinski definition) is 7. The number of aliphatic hydroxyl groups is 2. The molecular weight excluding hydrogens is 717 g/mol. The van der Waals surface area contributed by atoms with Crippen molar-refractivity contribution in [3.05, 3.63) is 219 Å². The molecule has 8 rings (SSSR count). The zero-order chi connectivity index (χ0) is 40.4. The number of aliphatic hydroxyl groups excluding tert-OH is 2. The Labute approximate surface area is 330 Å². The highest BCUT2D eigenvalue weighted by Crippen LogP contribution is 2.21. The van der Waals surface area contributed by atoms with Crippen molar-refractivity contribution in [2.75, 3.05) is 13.2 Å². The summed E-state index contributed by atoms with van der Waals surface area (Å²) < 4.78 is 0. The highest BCUT2D eigenvalue weighted by molar-refractivity contribution is 5.89. The fourth-order valence-electron chi connectivity index (χ4n) is 6.08. The van der Waals surface area contributed by atoms with Crippen LogP contribution in [-0.4, -0.2) is 39.5 Å². The lowest BCUT2D eigenvalue weighted by atomic mass is 10.0. The van der Waals surface area contributed by atoms with Crippen molar-refractivity contribution in [1.29, 1.82) is 0 Å². The number of carbonyl (C=O) groups is 1. The summed E-state index contributed by atoms with van der Waals surface area (Å²) in [7, 11) is 0. The molecular formula is C48H42N2O7. The van der Waals surface area contributed by atoms with Gasteiger partial charge in [0.15, 0.2) is 0 Å². The molecule has 57 heavy (non-hydrogen) atoms. The number of benzene rings is 8. The standard InChI is InChI=1S/C13H14O.C12H11NO3.C12H9NO2.C11H8O/c14-9-3-4-11-7-8-12-5-1-2-6-13(12)10-11;14-12(8-13(15)16)11-6-5-9-3-1-2-4-10(9)7-11;14-13(15)8-7-10-5-6-11-3-1-2-4-12(11)9-10;12-8-9-5-6-10-3-1-2-4-11(10)7-9/h1-2,5-8,10,14H,3-4,9H2;1-7,12,14H,8H2;1-9H;1-8H/b;;8-7+;. The van der Waals surface area contributed by atoms with Gasteiger partial charge in [0.1, 0.15) is 12.4 Å². The van der Waals surface area contributed by atoms with Crippen molar-refractivity contribution in [2.45, 2.75) is 18.9 Å². The average Bonchev–Trinajstić information content (AvgIpc) is 3.25. The highest BCUT2D eigenvalue weighted by atomic mass is 16.6. The molecule has 0 spiro atoms. The number of rotatable bonds is 9. The largest absolute Gasteiger partial charge is 0.396 e. The molecule has 0 aliphatic heterocycles. The molecule has 0 fully saturated rings. The van der Waals surface area contributed by atoms with Crippen LogP contribution in [-0.2, 0) is 6.42 Å². The third-order valence-corrected chi connectivity index (χ3v) is 8.99. The molecule has 0 aliphatic rings. The quantitative estimate of drug-likeness (QED) is 0.0847. The number of aryl methyl sites for hydroxylation is 1. The van der Waals surface area contributed by atoms with Gasteiger partial charge in [-0.25, -0.2) is 0 Å². The molecule has 286 valence electrons. The van der Waals surface area contributed by atoms with E-state index in [-0.39, 0.29) is 6.61 Å². The first kappa shape index (κ1) is 41.1. The maximum atomic E-state index is 10.5. The molecule has 2 N–H and O–H groups in total. The number of nitrogens with zero attached hydrogens (tertiary/aromatic N) is 2. The number of carbonyl (C=O) groups excluding carboxylic acids is 1. The van der Waals surface area contributed by atoms with Crippen molar-refractivity contribution in [3.63, 3.8) is 0 Å². The van der Waals surface area contributed by atoms with E-state index in [4.69, 9.17) is 5.11 Å². The van der Waals surface area contributed by atoms with Crippen LogP contribution in [0.4, 0.5) is 0 Å². The van der Waals surface area contributed by atoms with E-state index in [0.717, 1.165) is 63.4 Å². The Balaban J connectivity index is 0.000000146. The first-order valence-electron chi connectivity index (χ1n) is 18.3. The second kappa shape index (κ2) is 21.1. The SMILES string of the molecule is O=Cc1ccc2ccccc2c1.O=[N+]([O-])/C=C/c1ccc2ccccc2c1.O=[N+]([O-])CC(O)c1ccc2ccccc2c1.OCCCc1ccc2ccccc2c1. The topological polar surface area (TPSA) is 144 Å². The molecule has 0 radical (unpaired) electrons. The monoisotopic (exact) mass is 758 g/mol. The summed E-state index contributed by atoms with van der Waals surface area (Å²) in [6, 6.07) is 55.2. The van der Waals surface area contributed by atoms with E-state index in [1.54, 1.807) is 12.1 Å². The van der Waals surface area contributed by atoms with Crippen LogP contribution in [0.1, 0.15) is 39.6 Å². The molecule has 0 amide bonds. The molecule has 8 aromatic carbocycles. The second-order valence-corrected chi connectivity index (χ2v) is 13.1. The smallest absolute Gasteiger partial charge is 0.235 e. The molecule has 0 saturated carbocycles. The maximum absolute atomic E-state index is 10.5. The van der Waals surface area contributed by atoms with Gasteiger partial charge in [-0.05, 0) is 90.8 Å². The summed E-state index contributed by atoms with van der Waals surface area (Å²) in [5, 5.41) is 47.9. The third kappa shape index (κ3) is 12.8. The number of fused-ring (bicyclic) bond motifs is 4. The lowest BCUT2D eigenvalue weighted by molar-refractivity contribution is -0.491. The Kier molecular flexibility index (Phi) is 15.2. The predicted octanol–water partition coefficient (Wildman–Crippen LogP) is 10.7. The highest BCUT2D eigenvalue weighted by Gasteiger charge is 2.14. The summed E-state index contributed by atoms with van der Waals surface area (Å²) in [5.41, 5.74) is 3.45. The van der Waals surface area contributed by atoms with Crippen molar-refractivity contribution >= 4 is 55.5 Å². The Morgan fingerprint density at radius 2 is 0.982 bits per heavy atom. The van der Waals surface area contributed by atoms with Gasteiger partial charge in [-0.2, -0.15) is 0 Å². The van der Waals surface area contributed by atoms with Crippen LogP contribution in [0.5, 0.6) is 0 Å². The molecule has 0 heterocycles. The zero-order valence-corrected chi connectivity index (χ0v) is 31.1. The molecule has 1 atom stereocenters. The molecule has 0 aromatic heterocycles. The van der Waals surface area contributed by atoms with Crippen LogP contribution in [0.25, 0.3) is 49.2 Å². The minimum absolute atomic E-state index is 0.271. The molecule has 9 heteroatoms. The van der Waals surface area contributed by atoms with Crippen LogP contribution in [0.3, 0.4) is 0 Å².